The van der Waals surface area contributed by atoms with Crippen LogP contribution in [0, 0.1) is 6.92 Å². The fourth-order valence-corrected chi connectivity index (χ4v) is 3.89. The third-order valence-electron chi connectivity index (χ3n) is 5.80. The second-order valence-corrected chi connectivity index (χ2v) is 8.38. The van der Waals surface area contributed by atoms with E-state index < -0.39 is 0 Å². The van der Waals surface area contributed by atoms with Gasteiger partial charge in [-0.3, -0.25) is 9.59 Å². The topological polar surface area (TPSA) is 81.3 Å². The monoisotopic (exact) mass is 443 g/mol. The van der Waals surface area contributed by atoms with Gasteiger partial charge >= 0.3 is 0 Å². The number of carbonyl (C=O) groups is 1. The Bertz CT molecular complexity index is 1310. The van der Waals surface area contributed by atoms with Crippen LogP contribution in [0.2, 0.25) is 0 Å². The van der Waals surface area contributed by atoms with Crippen LogP contribution in [-0.2, 0) is 24.2 Å². The maximum Gasteiger partial charge on any atom is 0.293 e. The molecule has 33 heavy (non-hydrogen) atoms. The third-order valence-corrected chi connectivity index (χ3v) is 5.80. The molecular weight excluding hydrogens is 414 g/mol. The SMILES string of the molecule is CCc1ccc(-c2cc3c(=O)n(CC(=O)N[C@H](C)CCc4ccccc4)nc(C)n3n2)cc1. The molecule has 1 amide bonds. The zero-order valence-corrected chi connectivity index (χ0v) is 19.3. The van der Waals surface area contributed by atoms with E-state index in [1.165, 1.54) is 15.8 Å². The van der Waals surface area contributed by atoms with Gasteiger partial charge in [-0.15, -0.1) is 0 Å². The average molecular weight is 444 g/mol. The number of hydrogen-bond acceptors (Lipinski definition) is 4. The molecule has 0 bridgehead atoms. The average Bonchev–Trinajstić information content (AvgIpc) is 3.28. The summed E-state index contributed by atoms with van der Waals surface area (Å²) in [5, 5.41) is 11.9. The smallest absolute Gasteiger partial charge is 0.293 e. The largest absolute Gasteiger partial charge is 0.352 e. The molecule has 2 aromatic heterocycles. The molecule has 0 aliphatic carbocycles. The van der Waals surface area contributed by atoms with E-state index in [0.717, 1.165) is 24.8 Å². The minimum absolute atomic E-state index is 0.00843. The second-order valence-electron chi connectivity index (χ2n) is 8.38. The first kappa shape index (κ1) is 22.5. The van der Waals surface area contributed by atoms with Crippen molar-refractivity contribution in [3.05, 3.63) is 88.0 Å². The highest BCUT2D eigenvalue weighted by Crippen LogP contribution is 2.19. The van der Waals surface area contributed by atoms with Crippen LogP contribution in [0.3, 0.4) is 0 Å². The first-order valence-electron chi connectivity index (χ1n) is 11.3. The van der Waals surface area contributed by atoms with E-state index in [9.17, 15) is 9.59 Å². The quantitative estimate of drug-likeness (QED) is 0.451. The molecule has 1 N–H and O–H groups in total. The van der Waals surface area contributed by atoms with Gasteiger partial charge in [-0.2, -0.15) is 10.2 Å². The molecule has 0 saturated carbocycles. The number of hydrogen-bond donors (Lipinski definition) is 1. The van der Waals surface area contributed by atoms with E-state index in [1.807, 2.05) is 37.3 Å². The Balaban J connectivity index is 1.47. The number of aromatic nitrogens is 4. The number of fused-ring (bicyclic) bond motifs is 1. The van der Waals surface area contributed by atoms with Gasteiger partial charge < -0.3 is 5.32 Å². The molecule has 0 aliphatic rings. The van der Waals surface area contributed by atoms with Gasteiger partial charge in [0.2, 0.25) is 5.91 Å². The van der Waals surface area contributed by atoms with E-state index in [4.69, 9.17) is 0 Å². The van der Waals surface area contributed by atoms with Gasteiger partial charge in [0.15, 0.2) is 0 Å². The number of nitrogens with one attached hydrogen (secondary N) is 1. The molecule has 4 aromatic rings. The first-order valence-corrected chi connectivity index (χ1v) is 11.3. The minimum Gasteiger partial charge on any atom is -0.352 e. The lowest BCUT2D eigenvalue weighted by atomic mass is 10.1. The van der Waals surface area contributed by atoms with E-state index in [-0.39, 0.29) is 24.1 Å². The zero-order chi connectivity index (χ0) is 23.4. The van der Waals surface area contributed by atoms with Gasteiger partial charge in [-0.25, -0.2) is 9.20 Å². The molecule has 0 radical (unpaired) electrons. The van der Waals surface area contributed by atoms with Gasteiger partial charge in [-0.1, -0.05) is 61.5 Å². The predicted octanol–water partition coefficient (Wildman–Crippen LogP) is 3.57. The van der Waals surface area contributed by atoms with E-state index in [2.05, 4.69) is 46.7 Å². The maximum absolute atomic E-state index is 13.0. The Morgan fingerprint density at radius 2 is 1.76 bits per heavy atom. The third kappa shape index (κ3) is 5.19. The van der Waals surface area contributed by atoms with E-state index in [1.54, 1.807) is 17.5 Å². The van der Waals surface area contributed by atoms with Crippen LogP contribution in [0.1, 0.15) is 37.2 Å². The van der Waals surface area contributed by atoms with Crippen molar-refractivity contribution < 1.29 is 4.79 Å². The molecule has 0 aliphatic heterocycles. The van der Waals surface area contributed by atoms with Crippen LogP contribution >= 0.6 is 0 Å². The van der Waals surface area contributed by atoms with E-state index in [0.29, 0.717) is 17.0 Å². The number of benzene rings is 2. The number of aryl methyl sites for hydroxylation is 3. The van der Waals surface area contributed by atoms with Crippen LogP contribution in [-0.4, -0.2) is 31.3 Å². The second kappa shape index (κ2) is 9.81. The van der Waals surface area contributed by atoms with Crippen molar-refractivity contribution >= 4 is 11.4 Å². The van der Waals surface area contributed by atoms with Gasteiger partial charge in [-0.05, 0) is 50.3 Å². The Labute approximate surface area is 193 Å². The highest BCUT2D eigenvalue weighted by molar-refractivity contribution is 5.76. The number of rotatable bonds is 8. The van der Waals surface area contributed by atoms with Crippen molar-refractivity contribution in [2.75, 3.05) is 0 Å². The molecule has 4 rings (SSSR count). The molecule has 2 aromatic carbocycles. The van der Waals surface area contributed by atoms with Gasteiger partial charge in [0.25, 0.3) is 5.56 Å². The number of carbonyl (C=O) groups excluding carboxylic acids is 1. The molecular formula is C26H29N5O2. The normalized spacial score (nSPS) is 12.1. The predicted molar refractivity (Wildman–Crippen MR) is 129 cm³/mol. The summed E-state index contributed by atoms with van der Waals surface area (Å²) in [5.41, 5.74) is 4.19. The summed E-state index contributed by atoms with van der Waals surface area (Å²) in [4.78, 5) is 25.6. The Morgan fingerprint density at radius 3 is 2.45 bits per heavy atom. The van der Waals surface area contributed by atoms with Crippen LogP contribution < -0.4 is 10.9 Å². The maximum atomic E-state index is 13.0. The van der Waals surface area contributed by atoms with Crippen molar-refractivity contribution in [1.82, 2.24) is 24.7 Å². The molecule has 0 saturated heterocycles. The summed E-state index contributed by atoms with van der Waals surface area (Å²) in [6.07, 6.45) is 2.66. The number of nitrogens with zero attached hydrogens (tertiary/aromatic N) is 4. The van der Waals surface area contributed by atoms with Gasteiger partial charge in [0.1, 0.15) is 17.9 Å². The standard InChI is InChI=1S/C26H29N5O2/c1-4-20-12-14-22(15-13-20)23-16-24-26(33)30(28-19(3)31(24)29-23)17-25(32)27-18(2)10-11-21-8-6-5-7-9-21/h5-9,12-16,18H,4,10-11,17H2,1-3H3,(H,27,32)/t18-/m1/s1. The summed E-state index contributed by atoms with van der Waals surface area (Å²) < 4.78 is 2.76. The van der Waals surface area contributed by atoms with Crippen LogP contribution in [0.25, 0.3) is 16.8 Å². The molecule has 170 valence electrons. The van der Waals surface area contributed by atoms with Crippen LogP contribution in [0.4, 0.5) is 0 Å². The van der Waals surface area contributed by atoms with Crippen molar-refractivity contribution in [2.24, 2.45) is 0 Å². The Hall–Kier alpha value is -3.74. The number of amides is 1. The Kier molecular flexibility index (Phi) is 6.68. The van der Waals surface area contributed by atoms with Crippen molar-refractivity contribution in [3.63, 3.8) is 0 Å². The van der Waals surface area contributed by atoms with Crippen molar-refractivity contribution in [2.45, 2.75) is 52.6 Å². The summed E-state index contributed by atoms with van der Waals surface area (Å²) in [7, 11) is 0. The molecule has 0 spiro atoms. The lowest BCUT2D eigenvalue weighted by Gasteiger charge is -2.14. The minimum atomic E-state index is -0.336. The molecule has 7 nitrogen and oxygen atoms in total. The highest BCUT2D eigenvalue weighted by atomic mass is 16.2. The molecule has 0 unspecified atom stereocenters. The summed E-state index contributed by atoms with van der Waals surface area (Å²) >= 11 is 0. The lowest BCUT2D eigenvalue weighted by molar-refractivity contribution is -0.122. The van der Waals surface area contributed by atoms with Crippen LogP contribution in [0.5, 0.6) is 0 Å². The molecule has 0 fully saturated rings. The van der Waals surface area contributed by atoms with E-state index >= 15 is 0 Å². The van der Waals surface area contributed by atoms with Crippen molar-refractivity contribution in [1.29, 1.82) is 0 Å². The zero-order valence-electron chi connectivity index (χ0n) is 19.3. The highest BCUT2D eigenvalue weighted by Gasteiger charge is 2.16. The fraction of sp³-hybridized carbons (Fsp3) is 0.308. The molecule has 1 atom stereocenters. The first-order chi connectivity index (χ1) is 15.9. The summed E-state index contributed by atoms with van der Waals surface area (Å²) in [6.45, 7) is 5.73. The lowest BCUT2D eigenvalue weighted by Crippen LogP contribution is -2.39. The van der Waals surface area contributed by atoms with Crippen LogP contribution in [0.15, 0.2) is 65.5 Å². The fourth-order valence-electron chi connectivity index (χ4n) is 3.89. The molecule has 2 heterocycles. The van der Waals surface area contributed by atoms with Crippen molar-refractivity contribution in [3.8, 4) is 11.3 Å². The Morgan fingerprint density at radius 1 is 1.03 bits per heavy atom. The van der Waals surface area contributed by atoms with Gasteiger partial charge in [0.05, 0.1) is 5.69 Å². The molecule has 7 heteroatoms. The van der Waals surface area contributed by atoms with Gasteiger partial charge in [0, 0.05) is 11.6 Å². The summed E-state index contributed by atoms with van der Waals surface area (Å²) in [5.74, 6) is 0.315. The summed E-state index contributed by atoms with van der Waals surface area (Å²) in [6, 6.07) is 20.1.